The molecule has 1 saturated carbocycles. The highest BCUT2D eigenvalue weighted by atomic mass is 16.3. The Morgan fingerprint density at radius 1 is 0.970 bits per heavy atom. The Balaban J connectivity index is 1.42. The summed E-state index contributed by atoms with van der Waals surface area (Å²) in [4.78, 5) is 40.8. The number of rotatable bonds is 7. The maximum Gasteiger partial charge on any atom is 0.287 e. The summed E-state index contributed by atoms with van der Waals surface area (Å²) < 4.78 is 5.20. The van der Waals surface area contributed by atoms with E-state index in [2.05, 4.69) is 10.6 Å². The summed E-state index contributed by atoms with van der Waals surface area (Å²) >= 11 is 0. The van der Waals surface area contributed by atoms with Crippen molar-refractivity contribution in [3.8, 4) is 0 Å². The van der Waals surface area contributed by atoms with Gasteiger partial charge in [0.2, 0.25) is 11.8 Å². The van der Waals surface area contributed by atoms with Gasteiger partial charge in [0.15, 0.2) is 5.76 Å². The molecule has 2 fully saturated rings. The zero-order chi connectivity index (χ0) is 23.0. The second-order valence-electron chi connectivity index (χ2n) is 9.16. The number of carbonyl (C=O) groups excluding carboxylic acids is 3. The van der Waals surface area contributed by atoms with E-state index in [1.165, 1.54) is 12.7 Å². The van der Waals surface area contributed by atoms with Gasteiger partial charge in [-0.15, -0.1) is 0 Å². The molecule has 7 nitrogen and oxygen atoms in total. The summed E-state index contributed by atoms with van der Waals surface area (Å²) in [6.45, 7) is 0.979. The fourth-order valence-corrected chi connectivity index (χ4v) is 4.86. The first-order valence-electron chi connectivity index (χ1n) is 12.1. The van der Waals surface area contributed by atoms with Crippen molar-refractivity contribution in [3.05, 3.63) is 60.1 Å². The minimum Gasteiger partial charge on any atom is -0.459 e. The molecule has 0 radical (unpaired) electrons. The molecule has 1 aromatic carbocycles. The summed E-state index contributed by atoms with van der Waals surface area (Å²) in [6.07, 6.45) is 9.02. The van der Waals surface area contributed by atoms with Gasteiger partial charge in [0.05, 0.1) is 12.2 Å². The number of carbonyl (C=O) groups is 3. The van der Waals surface area contributed by atoms with Gasteiger partial charge < -0.3 is 20.0 Å². The molecule has 1 aliphatic carbocycles. The van der Waals surface area contributed by atoms with E-state index in [0.29, 0.717) is 19.5 Å². The van der Waals surface area contributed by atoms with Crippen molar-refractivity contribution in [1.29, 1.82) is 0 Å². The number of amides is 3. The van der Waals surface area contributed by atoms with Crippen LogP contribution in [0.5, 0.6) is 0 Å². The Bertz CT molecular complexity index is 922. The second-order valence-corrected chi connectivity index (χ2v) is 9.16. The molecule has 2 heterocycles. The lowest BCUT2D eigenvalue weighted by atomic mass is 9.92. The molecule has 3 amide bonds. The maximum atomic E-state index is 13.5. The molecular weight excluding hydrogens is 418 g/mol. The first-order valence-corrected chi connectivity index (χ1v) is 12.1. The van der Waals surface area contributed by atoms with Crippen molar-refractivity contribution < 1.29 is 18.8 Å². The van der Waals surface area contributed by atoms with Crippen molar-refractivity contribution in [2.24, 2.45) is 5.92 Å². The quantitative estimate of drug-likeness (QED) is 0.676. The smallest absolute Gasteiger partial charge is 0.287 e. The topological polar surface area (TPSA) is 91.7 Å². The summed E-state index contributed by atoms with van der Waals surface area (Å²) in [6, 6.07) is 12.4. The second kappa shape index (κ2) is 11.2. The Morgan fingerprint density at radius 3 is 2.48 bits per heavy atom. The van der Waals surface area contributed by atoms with Crippen LogP contribution in [-0.4, -0.2) is 47.8 Å². The molecule has 176 valence electrons. The number of nitrogens with one attached hydrogen (secondary N) is 2. The minimum atomic E-state index is -0.731. The average molecular weight is 452 g/mol. The van der Waals surface area contributed by atoms with Crippen LogP contribution in [0.15, 0.2) is 53.1 Å². The Labute approximate surface area is 194 Å². The van der Waals surface area contributed by atoms with Gasteiger partial charge in [-0.05, 0) is 43.4 Å². The van der Waals surface area contributed by atoms with Crippen molar-refractivity contribution in [2.75, 3.05) is 13.1 Å². The number of piperidine rings is 1. The predicted octanol–water partition coefficient (Wildman–Crippen LogP) is 3.31. The van der Waals surface area contributed by atoms with Gasteiger partial charge in [-0.3, -0.25) is 14.4 Å². The zero-order valence-corrected chi connectivity index (χ0v) is 19.0. The highest BCUT2D eigenvalue weighted by Crippen LogP contribution is 2.22. The summed E-state index contributed by atoms with van der Waals surface area (Å²) in [5.41, 5.74) is 0.958. The Morgan fingerprint density at radius 2 is 1.76 bits per heavy atom. The van der Waals surface area contributed by atoms with Crippen molar-refractivity contribution in [1.82, 2.24) is 15.5 Å². The molecule has 1 saturated heterocycles. The lowest BCUT2D eigenvalue weighted by Gasteiger charge is -2.35. The van der Waals surface area contributed by atoms with Crippen LogP contribution in [0.2, 0.25) is 0 Å². The van der Waals surface area contributed by atoms with E-state index >= 15 is 0 Å². The number of benzene rings is 1. The standard InChI is InChI=1S/C26H33N3O4/c30-24(27-21-12-5-2-6-13-21)20-11-7-15-29(18-20)26(32)22(17-19-9-3-1-4-10-19)28-25(31)23-14-8-16-33-23/h1,3-4,8-10,14,16,20-22H,2,5-7,11-13,15,17-18H2,(H,27,30)(H,28,31). The van der Waals surface area contributed by atoms with E-state index in [9.17, 15) is 14.4 Å². The third-order valence-electron chi connectivity index (χ3n) is 6.69. The molecule has 0 spiro atoms. The van der Waals surface area contributed by atoms with E-state index in [-0.39, 0.29) is 29.5 Å². The maximum absolute atomic E-state index is 13.5. The number of hydrogen-bond donors (Lipinski definition) is 2. The lowest BCUT2D eigenvalue weighted by Crippen LogP contribution is -2.54. The normalized spacial score (nSPS) is 20.1. The first kappa shape index (κ1) is 23.1. The highest BCUT2D eigenvalue weighted by Gasteiger charge is 2.33. The van der Waals surface area contributed by atoms with Crippen LogP contribution in [0, 0.1) is 5.92 Å². The van der Waals surface area contributed by atoms with Gasteiger partial charge in [-0.25, -0.2) is 0 Å². The molecule has 2 aromatic rings. The molecule has 1 aromatic heterocycles. The number of likely N-dealkylation sites (tertiary alicyclic amines) is 1. The zero-order valence-electron chi connectivity index (χ0n) is 19.0. The molecule has 2 unspecified atom stereocenters. The summed E-state index contributed by atoms with van der Waals surface area (Å²) in [5, 5.41) is 6.06. The van der Waals surface area contributed by atoms with E-state index < -0.39 is 11.9 Å². The molecule has 0 bridgehead atoms. The molecule has 2 aliphatic rings. The predicted molar refractivity (Wildman–Crippen MR) is 124 cm³/mol. The highest BCUT2D eigenvalue weighted by molar-refractivity contribution is 5.95. The fraction of sp³-hybridized carbons (Fsp3) is 0.500. The minimum absolute atomic E-state index is 0.0543. The van der Waals surface area contributed by atoms with Crippen molar-refractivity contribution in [2.45, 2.75) is 63.5 Å². The molecule has 7 heteroatoms. The monoisotopic (exact) mass is 451 g/mol. The SMILES string of the molecule is O=C(NC(Cc1ccccc1)C(=O)N1CCCC(C(=O)NC2CCCCC2)C1)c1ccco1. The molecule has 4 rings (SSSR count). The third kappa shape index (κ3) is 6.24. The van der Waals surface area contributed by atoms with Crippen LogP contribution in [0.4, 0.5) is 0 Å². The van der Waals surface area contributed by atoms with Crippen molar-refractivity contribution in [3.63, 3.8) is 0 Å². The van der Waals surface area contributed by atoms with Crippen LogP contribution in [0.3, 0.4) is 0 Å². The largest absolute Gasteiger partial charge is 0.459 e. The Kier molecular flexibility index (Phi) is 7.81. The number of furan rings is 1. The average Bonchev–Trinajstić information content (AvgIpc) is 3.40. The summed E-state index contributed by atoms with van der Waals surface area (Å²) in [7, 11) is 0. The molecule has 2 atom stereocenters. The first-order chi connectivity index (χ1) is 16.1. The van der Waals surface area contributed by atoms with Crippen LogP contribution >= 0.6 is 0 Å². The van der Waals surface area contributed by atoms with Crippen LogP contribution in [-0.2, 0) is 16.0 Å². The molecular formula is C26H33N3O4. The molecule has 1 aliphatic heterocycles. The van der Waals surface area contributed by atoms with E-state index in [0.717, 1.165) is 44.1 Å². The van der Waals surface area contributed by atoms with Gasteiger partial charge in [0.25, 0.3) is 5.91 Å². The van der Waals surface area contributed by atoms with Gasteiger partial charge in [-0.1, -0.05) is 49.6 Å². The van der Waals surface area contributed by atoms with Crippen LogP contribution < -0.4 is 10.6 Å². The van der Waals surface area contributed by atoms with Gasteiger partial charge in [0, 0.05) is 25.6 Å². The van der Waals surface area contributed by atoms with E-state index in [1.807, 2.05) is 30.3 Å². The van der Waals surface area contributed by atoms with E-state index in [1.54, 1.807) is 17.0 Å². The van der Waals surface area contributed by atoms with Gasteiger partial charge in [-0.2, -0.15) is 0 Å². The van der Waals surface area contributed by atoms with Crippen LogP contribution in [0.25, 0.3) is 0 Å². The molecule has 33 heavy (non-hydrogen) atoms. The third-order valence-corrected chi connectivity index (χ3v) is 6.69. The Hall–Kier alpha value is -3.09. The van der Waals surface area contributed by atoms with Crippen molar-refractivity contribution >= 4 is 17.7 Å². The number of nitrogens with zero attached hydrogens (tertiary/aromatic N) is 1. The molecule has 2 N–H and O–H groups in total. The number of hydrogen-bond acceptors (Lipinski definition) is 4. The van der Waals surface area contributed by atoms with E-state index in [4.69, 9.17) is 4.42 Å². The fourth-order valence-electron chi connectivity index (χ4n) is 4.86. The van der Waals surface area contributed by atoms with Gasteiger partial charge in [0.1, 0.15) is 6.04 Å². The summed E-state index contributed by atoms with van der Waals surface area (Å²) in [5.74, 6) is -0.558. The van der Waals surface area contributed by atoms with Gasteiger partial charge >= 0.3 is 0 Å². The lowest BCUT2D eigenvalue weighted by molar-refractivity contribution is -0.137. The van der Waals surface area contributed by atoms with Crippen LogP contribution in [0.1, 0.15) is 61.1 Å².